The molecule has 3 rings (SSSR count). The number of benzene rings is 2. The van der Waals surface area contributed by atoms with Crippen LogP contribution in [0.4, 0.5) is 11.4 Å². The molecule has 142 valence electrons. The number of methoxy groups -OCH3 is 1. The highest BCUT2D eigenvalue weighted by Gasteiger charge is 2.55. The molecule has 0 fully saturated rings. The lowest BCUT2D eigenvalue weighted by molar-refractivity contribution is -0.384. The Morgan fingerprint density at radius 2 is 1.83 bits per heavy atom. The number of hydrogen-bond acceptors (Lipinski definition) is 8. The molecular weight excluding hydrogens is 372 g/mol. The highest BCUT2D eigenvalue weighted by molar-refractivity contribution is 5.67. The lowest BCUT2D eigenvalue weighted by Gasteiger charge is -2.32. The van der Waals surface area contributed by atoms with Gasteiger partial charge in [0.2, 0.25) is 5.41 Å². The zero-order valence-electron chi connectivity index (χ0n) is 15.2. The van der Waals surface area contributed by atoms with E-state index >= 15 is 0 Å². The Hall–Kier alpha value is -4.55. The Kier molecular flexibility index (Phi) is 4.79. The minimum atomic E-state index is -1.94. The van der Waals surface area contributed by atoms with Gasteiger partial charge in [-0.15, -0.1) is 0 Å². The highest BCUT2D eigenvalue weighted by atomic mass is 16.6. The van der Waals surface area contributed by atoms with Crippen LogP contribution in [0, 0.1) is 49.5 Å². The molecule has 0 saturated heterocycles. The van der Waals surface area contributed by atoms with Crippen molar-refractivity contribution in [2.75, 3.05) is 12.0 Å². The fraction of sp³-hybridized carbons (Fsp3) is 0.150. The third kappa shape index (κ3) is 2.86. The van der Waals surface area contributed by atoms with E-state index in [4.69, 9.17) is 10.5 Å². The maximum absolute atomic E-state index is 11.2. The van der Waals surface area contributed by atoms with Crippen molar-refractivity contribution in [1.82, 2.24) is 0 Å². The zero-order valence-corrected chi connectivity index (χ0v) is 15.2. The molecule has 0 unspecified atom stereocenters. The summed E-state index contributed by atoms with van der Waals surface area (Å²) in [6.45, 7) is 0. The van der Waals surface area contributed by atoms with Crippen molar-refractivity contribution in [2.45, 2.75) is 6.04 Å². The van der Waals surface area contributed by atoms with E-state index in [-0.39, 0.29) is 17.1 Å². The lowest BCUT2D eigenvalue weighted by Crippen LogP contribution is -2.34. The van der Waals surface area contributed by atoms with Crippen LogP contribution in [0.25, 0.3) is 0 Å². The molecule has 9 nitrogen and oxygen atoms in total. The van der Waals surface area contributed by atoms with Crippen molar-refractivity contribution < 1.29 is 9.66 Å². The second-order valence-corrected chi connectivity index (χ2v) is 6.23. The smallest absolute Gasteiger partial charge is 0.269 e. The topological polar surface area (TPSA) is 153 Å². The quantitative estimate of drug-likeness (QED) is 0.621. The van der Waals surface area contributed by atoms with Crippen LogP contribution >= 0.6 is 0 Å². The monoisotopic (exact) mass is 386 g/mol. The van der Waals surface area contributed by atoms with Gasteiger partial charge in [0.1, 0.15) is 23.2 Å². The molecule has 2 aromatic rings. The van der Waals surface area contributed by atoms with E-state index in [0.29, 0.717) is 17.0 Å². The number of nitrogens with zero attached hydrogens (tertiary/aromatic N) is 5. The van der Waals surface area contributed by atoms with Crippen molar-refractivity contribution in [1.29, 1.82) is 15.8 Å². The van der Waals surface area contributed by atoms with E-state index in [0.717, 1.165) is 0 Å². The summed E-state index contributed by atoms with van der Waals surface area (Å²) in [5, 5.41) is 40.7. The molecule has 1 aliphatic rings. The first kappa shape index (κ1) is 19.2. The number of hydrogen-bond donors (Lipinski definition) is 1. The van der Waals surface area contributed by atoms with Crippen LogP contribution in [0.3, 0.4) is 0 Å². The second-order valence-electron chi connectivity index (χ2n) is 6.23. The Bertz CT molecular complexity index is 1120. The van der Waals surface area contributed by atoms with Crippen LogP contribution in [0.2, 0.25) is 0 Å². The van der Waals surface area contributed by atoms with Crippen LogP contribution in [-0.2, 0) is 0 Å². The Balaban J connectivity index is 2.29. The minimum Gasteiger partial charge on any atom is -0.497 e. The molecule has 2 aromatic carbocycles. The molecule has 29 heavy (non-hydrogen) atoms. The Labute approximate surface area is 166 Å². The molecule has 0 saturated carbocycles. The average molecular weight is 386 g/mol. The van der Waals surface area contributed by atoms with E-state index in [1.54, 1.807) is 30.3 Å². The number of nitro groups is 1. The third-order valence-electron chi connectivity index (χ3n) is 4.79. The summed E-state index contributed by atoms with van der Waals surface area (Å²) in [7, 11) is 1.51. The standard InChI is InChI=1S/C20H14N6O3/c1-29-16-7-5-14(6-8-16)25-18(13-3-2-4-15(9-13)26(27)28)20(11-22,12-23)17(10-21)19(25)24/h2-9,18H,24H2,1H3/t18-/m0/s1. The van der Waals surface area contributed by atoms with E-state index in [1.165, 1.54) is 30.2 Å². The summed E-state index contributed by atoms with van der Waals surface area (Å²) in [6, 6.07) is 16.9. The zero-order chi connectivity index (χ0) is 21.2. The summed E-state index contributed by atoms with van der Waals surface area (Å²) >= 11 is 0. The van der Waals surface area contributed by atoms with Gasteiger partial charge in [-0.25, -0.2) is 0 Å². The first-order valence-corrected chi connectivity index (χ1v) is 8.34. The molecule has 0 amide bonds. The molecule has 1 aliphatic heterocycles. The number of anilines is 1. The summed E-state index contributed by atoms with van der Waals surface area (Å²) in [4.78, 5) is 12.1. The molecule has 1 heterocycles. The van der Waals surface area contributed by atoms with Crippen molar-refractivity contribution in [3.8, 4) is 24.0 Å². The second kappa shape index (κ2) is 7.22. The van der Waals surface area contributed by atoms with Gasteiger partial charge in [-0.1, -0.05) is 12.1 Å². The van der Waals surface area contributed by atoms with Gasteiger partial charge in [0.25, 0.3) is 5.69 Å². The molecule has 0 aliphatic carbocycles. The van der Waals surface area contributed by atoms with Crippen molar-refractivity contribution >= 4 is 11.4 Å². The maximum Gasteiger partial charge on any atom is 0.269 e. The predicted molar refractivity (Wildman–Crippen MR) is 102 cm³/mol. The van der Waals surface area contributed by atoms with Crippen LogP contribution in [-0.4, -0.2) is 12.0 Å². The minimum absolute atomic E-state index is 0.0581. The fourth-order valence-electron chi connectivity index (χ4n) is 3.43. The largest absolute Gasteiger partial charge is 0.497 e. The normalized spacial score (nSPS) is 17.2. The fourth-order valence-corrected chi connectivity index (χ4v) is 3.43. The van der Waals surface area contributed by atoms with Gasteiger partial charge >= 0.3 is 0 Å². The molecule has 0 bridgehead atoms. The van der Waals surface area contributed by atoms with Crippen LogP contribution < -0.4 is 15.4 Å². The van der Waals surface area contributed by atoms with E-state index in [2.05, 4.69) is 0 Å². The van der Waals surface area contributed by atoms with E-state index in [9.17, 15) is 25.9 Å². The average Bonchev–Trinajstić information content (AvgIpc) is 3.01. The summed E-state index contributed by atoms with van der Waals surface area (Å²) in [6.07, 6.45) is 0. The summed E-state index contributed by atoms with van der Waals surface area (Å²) in [5.74, 6) is 0.520. The van der Waals surface area contributed by atoms with Gasteiger partial charge in [-0.2, -0.15) is 15.8 Å². The van der Waals surface area contributed by atoms with Crippen LogP contribution in [0.5, 0.6) is 5.75 Å². The molecular formula is C20H14N6O3. The highest BCUT2D eigenvalue weighted by Crippen LogP contribution is 2.52. The Morgan fingerprint density at radius 3 is 2.34 bits per heavy atom. The third-order valence-corrected chi connectivity index (χ3v) is 4.79. The van der Waals surface area contributed by atoms with Gasteiger partial charge in [0.05, 0.1) is 30.2 Å². The lowest BCUT2D eigenvalue weighted by atomic mass is 9.76. The number of nitrogens with two attached hydrogens (primary N) is 1. The summed E-state index contributed by atoms with van der Waals surface area (Å²) < 4.78 is 5.14. The van der Waals surface area contributed by atoms with Crippen molar-refractivity contribution in [3.05, 3.63) is 75.6 Å². The van der Waals surface area contributed by atoms with Gasteiger partial charge in [0, 0.05) is 17.8 Å². The number of rotatable bonds is 4. The van der Waals surface area contributed by atoms with Crippen LogP contribution in [0.1, 0.15) is 11.6 Å². The molecule has 1 atom stereocenters. The molecule has 0 aromatic heterocycles. The number of nitriles is 3. The Morgan fingerprint density at radius 1 is 1.17 bits per heavy atom. The van der Waals surface area contributed by atoms with E-state index < -0.39 is 16.4 Å². The van der Waals surface area contributed by atoms with Gasteiger partial charge in [-0.05, 0) is 29.8 Å². The summed E-state index contributed by atoms with van der Waals surface area (Å²) in [5.41, 5.74) is 4.68. The van der Waals surface area contributed by atoms with Gasteiger partial charge in [-0.3, -0.25) is 10.1 Å². The molecule has 0 radical (unpaired) electrons. The molecule has 0 spiro atoms. The number of nitro benzene ring substituents is 1. The van der Waals surface area contributed by atoms with Crippen molar-refractivity contribution in [3.63, 3.8) is 0 Å². The van der Waals surface area contributed by atoms with Gasteiger partial charge in [0.15, 0.2) is 0 Å². The van der Waals surface area contributed by atoms with Crippen molar-refractivity contribution in [2.24, 2.45) is 11.1 Å². The van der Waals surface area contributed by atoms with Crippen LogP contribution in [0.15, 0.2) is 59.9 Å². The molecule has 9 heteroatoms. The molecule has 2 N–H and O–H groups in total. The maximum atomic E-state index is 11.2. The predicted octanol–water partition coefficient (Wildman–Crippen LogP) is 2.89. The number of ether oxygens (including phenoxy) is 1. The SMILES string of the molecule is COc1ccc(N2C(N)=C(C#N)C(C#N)(C#N)[C@@H]2c2cccc([N+](=O)[O-])c2)cc1. The first-order chi connectivity index (χ1) is 13.9. The van der Waals surface area contributed by atoms with Gasteiger partial charge < -0.3 is 15.4 Å². The first-order valence-electron chi connectivity index (χ1n) is 8.34. The number of non-ortho nitro benzene ring substituents is 1. The van der Waals surface area contributed by atoms with E-state index in [1.807, 2.05) is 18.2 Å².